The Hall–Kier alpha value is -0.120. The average Bonchev–Trinajstić information content (AvgIpc) is 2.68. The number of rotatable bonds is 4. The molecule has 2 heterocycles. The highest BCUT2D eigenvalue weighted by molar-refractivity contribution is 4.86. The molecular weight excluding hydrogens is 200 g/mol. The minimum atomic E-state index is 0.144. The molecule has 3 nitrogen and oxygen atoms in total. The molecule has 0 bridgehead atoms. The van der Waals surface area contributed by atoms with Crippen molar-refractivity contribution in [3.63, 3.8) is 0 Å². The van der Waals surface area contributed by atoms with Crippen LogP contribution < -0.4 is 5.32 Å². The summed E-state index contributed by atoms with van der Waals surface area (Å²) in [6.45, 7) is 10.1. The summed E-state index contributed by atoms with van der Waals surface area (Å²) in [5.41, 5.74) is 0.144. The zero-order valence-corrected chi connectivity index (χ0v) is 10.8. The lowest BCUT2D eigenvalue weighted by Crippen LogP contribution is -2.47. The molecule has 0 spiro atoms. The van der Waals surface area contributed by atoms with Gasteiger partial charge in [0.05, 0.1) is 5.60 Å². The standard InChI is InChI=1S/C13H26N2O/c1-3-14-12-5-8-15(9-6-12)11-13(2)7-4-10-16-13/h12,14H,3-11H2,1-2H3. The van der Waals surface area contributed by atoms with Gasteiger partial charge in [-0.3, -0.25) is 0 Å². The van der Waals surface area contributed by atoms with Crippen LogP contribution in [0.25, 0.3) is 0 Å². The van der Waals surface area contributed by atoms with Gasteiger partial charge in [0.15, 0.2) is 0 Å². The first-order valence-corrected chi connectivity index (χ1v) is 6.81. The number of nitrogens with one attached hydrogen (secondary N) is 1. The molecule has 2 saturated heterocycles. The Kier molecular flexibility index (Phi) is 4.22. The zero-order chi connectivity index (χ0) is 11.4. The third kappa shape index (κ3) is 3.19. The Balaban J connectivity index is 1.72. The molecule has 2 aliphatic heterocycles. The Morgan fingerprint density at radius 3 is 2.69 bits per heavy atom. The molecule has 2 fully saturated rings. The molecule has 0 aliphatic carbocycles. The monoisotopic (exact) mass is 226 g/mol. The Morgan fingerprint density at radius 2 is 2.12 bits per heavy atom. The maximum Gasteiger partial charge on any atom is 0.0781 e. The molecule has 0 saturated carbocycles. The second-order valence-corrected chi connectivity index (χ2v) is 5.51. The van der Waals surface area contributed by atoms with Crippen molar-refractivity contribution in [3.8, 4) is 0 Å². The van der Waals surface area contributed by atoms with E-state index in [1.165, 1.54) is 38.8 Å². The van der Waals surface area contributed by atoms with Crippen LogP contribution in [-0.4, -0.2) is 49.3 Å². The van der Waals surface area contributed by atoms with Crippen LogP contribution in [-0.2, 0) is 4.74 Å². The molecule has 2 aliphatic rings. The molecule has 2 rings (SSSR count). The van der Waals surface area contributed by atoms with Crippen LogP contribution in [0, 0.1) is 0 Å². The first-order chi connectivity index (χ1) is 7.72. The fourth-order valence-electron chi connectivity index (χ4n) is 3.02. The van der Waals surface area contributed by atoms with Crippen LogP contribution in [0.4, 0.5) is 0 Å². The average molecular weight is 226 g/mol. The van der Waals surface area contributed by atoms with E-state index in [0.29, 0.717) is 0 Å². The van der Waals surface area contributed by atoms with Crippen LogP contribution >= 0.6 is 0 Å². The lowest BCUT2D eigenvalue weighted by Gasteiger charge is -2.37. The summed E-state index contributed by atoms with van der Waals surface area (Å²) in [5, 5.41) is 3.55. The predicted molar refractivity (Wildman–Crippen MR) is 66.7 cm³/mol. The summed E-state index contributed by atoms with van der Waals surface area (Å²) >= 11 is 0. The summed E-state index contributed by atoms with van der Waals surface area (Å²) in [7, 11) is 0. The third-order valence-corrected chi connectivity index (χ3v) is 3.94. The van der Waals surface area contributed by atoms with Crippen LogP contribution in [0.2, 0.25) is 0 Å². The molecule has 0 aromatic heterocycles. The van der Waals surface area contributed by atoms with Gasteiger partial charge in [0.2, 0.25) is 0 Å². The third-order valence-electron chi connectivity index (χ3n) is 3.94. The summed E-state index contributed by atoms with van der Waals surface area (Å²) in [5.74, 6) is 0. The lowest BCUT2D eigenvalue weighted by molar-refractivity contribution is -0.0142. The van der Waals surface area contributed by atoms with E-state index in [1.807, 2.05) is 0 Å². The highest BCUT2D eigenvalue weighted by Crippen LogP contribution is 2.27. The Labute approximate surface area is 99.5 Å². The molecule has 0 amide bonds. The fourth-order valence-corrected chi connectivity index (χ4v) is 3.02. The van der Waals surface area contributed by atoms with Crippen LogP contribution in [0.3, 0.4) is 0 Å². The summed E-state index contributed by atoms with van der Waals surface area (Å²) in [6.07, 6.45) is 5.07. The molecule has 1 unspecified atom stereocenters. The lowest BCUT2D eigenvalue weighted by atomic mass is 9.99. The van der Waals surface area contributed by atoms with E-state index in [2.05, 4.69) is 24.1 Å². The molecule has 94 valence electrons. The van der Waals surface area contributed by atoms with Crippen molar-refractivity contribution in [2.75, 3.05) is 32.8 Å². The smallest absolute Gasteiger partial charge is 0.0781 e. The Morgan fingerprint density at radius 1 is 1.38 bits per heavy atom. The van der Waals surface area contributed by atoms with E-state index in [0.717, 1.165) is 25.7 Å². The van der Waals surface area contributed by atoms with Crippen molar-refractivity contribution in [2.45, 2.75) is 51.2 Å². The van der Waals surface area contributed by atoms with Crippen LogP contribution in [0.15, 0.2) is 0 Å². The highest BCUT2D eigenvalue weighted by Gasteiger charge is 2.32. The second-order valence-electron chi connectivity index (χ2n) is 5.51. The highest BCUT2D eigenvalue weighted by atomic mass is 16.5. The van der Waals surface area contributed by atoms with Crippen molar-refractivity contribution in [2.24, 2.45) is 0 Å². The van der Waals surface area contributed by atoms with E-state index in [4.69, 9.17) is 4.74 Å². The van der Waals surface area contributed by atoms with Crippen molar-refractivity contribution < 1.29 is 4.74 Å². The van der Waals surface area contributed by atoms with Crippen molar-refractivity contribution >= 4 is 0 Å². The molecular formula is C13H26N2O. The second kappa shape index (κ2) is 5.48. The van der Waals surface area contributed by atoms with Gasteiger partial charge in [-0.15, -0.1) is 0 Å². The van der Waals surface area contributed by atoms with Gasteiger partial charge in [-0.1, -0.05) is 6.92 Å². The van der Waals surface area contributed by atoms with Gasteiger partial charge in [-0.2, -0.15) is 0 Å². The number of ether oxygens (including phenoxy) is 1. The quantitative estimate of drug-likeness (QED) is 0.788. The maximum atomic E-state index is 5.86. The normalized spacial score (nSPS) is 33.4. The first-order valence-electron chi connectivity index (χ1n) is 6.81. The predicted octanol–water partition coefficient (Wildman–Crippen LogP) is 1.63. The van der Waals surface area contributed by atoms with Crippen LogP contribution in [0.1, 0.15) is 39.5 Å². The molecule has 1 atom stereocenters. The van der Waals surface area contributed by atoms with Gasteiger partial charge in [-0.05, 0) is 52.2 Å². The summed E-state index contributed by atoms with van der Waals surface area (Å²) in [4.78, 5) is 2.58. The number of hydrogen-bond donors (Lipinski definition) is 1. The summed E-state index contributed by atoms with van der Waals surface area (Å²) in [6, 6.07) is 0.749. The van der Waals surface area contributed by atoms with Crippen molar-refractivity contribution in [3.05, 3.63) is 0 Å². The minimum Gasteiger partial charge on any atom is -0.374 e. The van der Waals surface area contributed by atoms with E-state index in [1.54, 1.807) is 0 Å². The molecule has 1 N–H and O–H groups in total. The van der Waals surface area contributed by atoms with Crippen LogP contribution in [0.5, 0.6) is 0 Å². The Bertz CT molecular complexity index is 206. The van der Waals surface area contributed by atoms with Gasteiger partial charge < -0.3 is 15.0 Å². The topological polar surface area (TPSA) is 24.5 Å². The van der Waals surface area contributed by atoms with E-state index in [-0.39, 0.29) is 5.60 Å². The van der Waals surface area contributed by atoms with Gasteiger partial charge in [-0.25, -0.2) is 0 Å². The zero-order valence-electron chi connectivity index (χ0n) is 10.8. The van der Waals surface area contributed by atoms with E-state index in [9.17, 15) is 0 Å². The maximum absolute atomic E-state index is 5.86. The molecule has 3 heteroatoms. The molecule has 0 radical (unpaired) electrons. The van der Waals surface area contributed by atoms with Gasteiger partial charge >= 0.3 is 0 Å². The SMILES string of the molecule is CCNC1CCN(CC2(C)CCCO2)CC1. The largest absolute Gasteiger partial charge is 0.374 e. The van der Waals surface area contributed by atoms with E-state index >= 15 is 0 Å². The number of piperidine rings is 1. The number of hydrogen-bond acceptors (Lipinski definition) is 3. The van der Waals surface area contributed by atoms with E-state index < -0.39 is 0 Å². The summed E-state index contributed by atoms with van der Waals surface area (Å²) < 4.78 is 5.86. The van der Waals surface area contributed by atoms with Crippen molar-refractivity contribution in [1.82, 2.24) is 10.2 Å². The number of likely N-dealkylation sites (tertiary alicyclic amines) is 1. The molecule has 0 aromatic rings. The van der Waals surface area contributed by atoms with Gasteiger partial charge in [0, 0.05) is 19.2 Å². The van der Waals surface area contributed by atoms with Gasteiger partial charge in [0.25, 0.3) is 0 Å². The minimum absolute atomic E-state index is 0.144. The number of nitrogens with zero attached hydrogens (tertiary/aromatic N) is 1. The fraction of sp³-hybridized carbons (Fsp3) is 1.00. The van der Waals surface area contributed by atoms with Gasteiger partial charge in [0.1, 0.15) is 0 Å². The van der Waals surface area contributed by atoms with Crippen molar-refractivity contribution in [1.29, 1.82) is 0 Å². The molecule has 16 heavy (non-hydrogen) atoms. The first kappa shape index (κ1) is 12.3. The molecule has 0 aromatic carbocycles.